The largest absolute Gasteiger partial charge is 0.618 e. The third kappa shape index (κ3) is 3.32. The maximum Gasteiger partial charge on any atom is 0.405 e. The third-order valence-electron chi connectivity index (χ3n) is 3.18. The van der Waals surface area contributed by atoms with Crippen molar-refractivity contribution in [1.82, 2.24) is 10.1 Å². The number of rotatable bonds is 5. The van der Waals surface area contributed by atoms with Crippen LogP contribution in [0.3, 0.4) is 0 Å². The lowest BCUT2D eigenvalue weighted by atomic mass is 10.2. The Morgan fingerprint density at radius 3 is 2.75 bits per heavy atom. The number of hydrogen-bond donors (Lipinski definition) is 0. The average molecular weight is 327 g/mol. The summed E-state index contributed by atoms with van der Waals surface area (Å²) < 4.78 is 15.5. The first-order chi connectivity index (χ1) is 11.7. The molecule has 0 amide bonds. The molecule has 0 radical (unpaired) electrons. The van der Waals surface area contributed by atoms with Crippen molar-refractivity contribution >= 4 is 5.97 Å². The molecule has 122 valence electrons. The van der Waals surface area contributed by atoms with E-state index in [0.29, 0.717) is 16.3 Å². The number of benzene rings is 1. The summed E-state index contributed by atoms with van der Waals surface area (Å²) in [7, 11) is 1.58. The van der Waals surface area contributed by atoms with Crippen LogP contribution in [0.5, 0.6) is 5.75 Å². The second kappa shape index (κ2) is 6.78. The van der Waals surface area contributed by atoms with Crippen LogP contribution in [0.15, 0.2) is 53.2 Å². The molecule has 0 saturated carbocycles. The normalized spacial score (nSPS) is 10.4. The molecule has 3 rings (SSSR count). The minimum absolute atomic E-state index is 0.118. The van der Waals surface area contributed by atoms with E-state index >= 15 is 0 Å². The van der Waals surface area contributed by atoms with E-state index in [1.54, 1.807) is 37.4 Å². The van der Waals surface area contributed by atoms with Gasteiger partial charge in [0.05, 0.1) is 7.11 Å². The first kappa shape index (κ1) is 15.5. The molecule has 0 bridgehead atoms. The van der Waals surface area contributed by atoms with E-state index in [0.717, 1.165) is 5.56 Å². The van der Waals surface area contributed by atoms with Crippen molar-refractivity contribution in [2.45, 2.75) is 6.61 Å². The molecule has 0 spiro atoms. The molecule has 0 N–H and O–H groups in total. The summed E-state index contributed by atoms with van der Waals surface area (Å²) in [6.45, 7) is -0.225. The van der Waals surface area contributed by atoms with E-state index < -0.39 is 5.97 Å². The molecule has 24 heavy (non-hydrogen) atoms. The molecule has 2 heterocycles. The molecule has 0 atom stereocenters. The fourth-order valence-electron chi connectivity index (χ4n) is 1.96. The zero-order valence-corrected chi connectivity index (χ0v) is 12.7. The van der Waals surface area contributed by atoms with Gasteiger partial charge >= 0.3 is 11.7 Å². The Kier molecular flexibility index (Phi) is 4.37. The summed E-state index contributed by atoms with van der Waals surface area (Å²) in [5.74, 6) is 0.435. The van der Waals surface area contributed by atoms with Gasteiger partial charge in [-0.1, -0.05) is 5.16 Å². The molecule has 0 aliphatic rings. The molecule has 3 aromatic rings. The van der Waals surface area contributed by atoms with Crippen molar-refractivity contribution in [3.8, 4) is 17.1 Å². The Bertz CT molecular complexity index is 845. The van der Waals surface area contributed by atoms with E-state index in [4.69, 9.17) is 14.0 Å². The number of esters is 1. The van der Waals surface area contributed by atoms with Crippen molar-refractivity contribution in [1.29, 1.82) is 0 Å². The van der Waals surface area contributed by atoms with Crippen LogP contribution in [0.2, 0.25) is 0 Å². The summed E-state index contributed by atoms with van der Waals surface area (Å²) in [4.78, 5) is 16.0. The monoisotopic (exact) mass is 327 g/mol. The Balaban J connectivity index is 1.66. The second-order valence-electron chi connectivity index (χ2n) is 4.73. The highest BCUT2D eigenvalue weighted by molar-refractivity contribution is 5.85. The maximum atomic E-state index is 11.8. The number of hydrogen-bond acceptors (Lipinski definition) is 7. The number of pyridine rings is 1. The highest BCUT2D eigenvalue weighted by Gasteiger charge is 2.18. The van der Waals surface area contributed by atoms with Crippen LogP contribution < -0.4 is 9.47 Å². The van der Waals surface area contributed by atoms with Gasteiger partial charge in [0.2, 0.25) is 5.82 Å². The van der Waals surface area contributed by atoms with Crippen LogP contribution in [0.25, 0.3) is 11.4 Å². The molecule has 1 aromatic carbocycles. The first-order valence-electron chi connectivity index (χ1n) is 6.99. The van der Waals surface area contributed by atoms with Gasteiger partial charge in [0.15, 0.2) is 12.8 Å². The fourth-order valence-corrected chi connectivity index (χ4v) is 1.96. The average Bonchev–Trinajstić information content (AvgIpc) is 3.09. The summed E-state index contributed by atoms with van der Waals surface area (Å²) in [6.07, 6.45) is 1.21. The minimum atomic E-state index is -0.769. The molecule has 0 aliphatic heterocycles. The van der Waals surface area contributed by atoms with Gasteiger partial charge in [-0.05, 0) is 30.3 Å². The molecule has 0 aliphatic carbocycles. The Labute approximate surface area is 136 Å². The zero-order chi connectivity index (χ0) is 16.9. The van der Waals surface area contributed by atoms with Crippen LogP contribution >= 0.6 is 0 Å². The van der Waals surface area contributed by atoms with Crippen molar-refractivity contribution in [3.63, 3.8) is 0 Å². The van der Waals surface area contributed by atoms with Crippen molar-refractivity contribution < 1.29 is 23.5 Å². The highest BCUT2D eigenvalue weighted by Crippen LogP contribution is 2.19. The van der Waals surface area contributed by atoms with Gasteiger partial charge < -0.3 is 19.2 Å². The smallest absolute Gasteiger partial charge is 0.405 e. The number of carbonyl (C=O) groups excluding carboxylic acids is 1. The van der Waals surface area contributed by atoms with E-state index in [1.165, 1.54) is 18.3 Å². The van der Waals surface area contributed by atoms with Gasteiger partial charge in [-0.15, -0.1) is 0 Å². The summed E-state index contributed by atoms with van der Waals surface area (Å²) in [5.41, 5.74) is 0.616. The summed E-state index contributed by atoms with van der Waals surface area (Å²) in [6, 6.07) is 11.6. The van der Waals surface area contributed by atoms with E-state index in [2.05, 4.69) is 10.1 Å². The third-order valence-corrected chi connectivity index (χ3v) is 3.18. The number of carbonyl (C=O) groups is 1. The van der Waals surface area contributed by atoms with Crippen molar-refractivity contribution in [3.05, 3.63) is 65.5 Å². The first-order valence-corrected chi connectivity index (χ1v) is 6.99. The quantitative estimate of drug-likeness (QED) is 0.399. The lowest BCUT2D eigenvalue weighted by Gasteiger charge is -2.02. The molecule has 2 aromatic heterocycles. The Morgan fingerprint density at radius 1 is 1.25 bits per heavy atom. The van der Waals surface area contributed by atoms with Crippen LogP contribution in [0, 0.1) is 5.21 Å². The molecular weight excluding hydrogens is 314 g/mol. The van der Waals surface area contributed by atoms with Gasteiger partial charge in [0, 0.05) is 17.7 Å². The molecule has 8 nitrogen and oxygen atoms in total. The SMILES string of the molecule is COc1ccc(-c2noc(COC(=O)c3cccc[n+]3[O-])n2)cc1. The van der Waals surface area contributed by atoms with Gasteiger partial charge in [0.25, 0.3) is 5.89 Å². The van der Waals surface area contributed by atoms with E-state index in [9.17, 15) is 10.0 Å². The number of ether oxygens (including phenoxy) is 2. The Morgan fingerprint density at radius 2 is 2.04 bits per heavy atom. The van der Waals surface area contributed by atoms with Gasteiger partial charge in [0.1, 0.15) is 5.75 Å². The van der Waals surface area contributed by atoms with E-state index in [-0.39, 0.29) is 18.2 Å². The fraction of sp³-hybridized carbons (Fsp3) is 0.125. The maximum absolute atomic E-state index is 11.8. The summed E-state index contributed by atoms with van der Waals surface area (Å²) in [5, 5.41) is 15.3. The lowest BCUT2D eigenvalue weighted by Crippen LogP contribution is -2.34. The lowest BCUT2D eigenvalue weighted by molar-refractivity contribution is -0.608. The standard InChI is InChI=1S/C16H13N3O5/c1-22-12-7-5-11(6-8-12)15-17-14(24-18-15)10-23-16(20)13-4-2-3-9-19(13)21/h2-9H,10H2,1H3. The second-order valence-corrected chi connectivity index (χ2v) is 4.73. The molecule has 0 unspecified atom stereocenters. The van der Waals surface area contributed by atoms with Crippen LogP contribution in [0.1, 0.15) is 16.4 Å². The van der Waals surface area contributed by atoms with Gasteiger partial charge in [-0.3, -0.25) is 0 Å². The van der Waals surface area contributed by atoms with Crippen LogP contribution in [-0.4, -0.2) is 23.2 Å². The zero-order valence-electron chi connectivity index (χ0n) is 12.7. The molecule has 8 heteroatoms. The topological polar surface area (TPSA) is 101 Å². The van der Waals surface area contributed by atoms with Gasteiger partial charge in [-0.25, -0.2) is 4.79 Å². The molecular formula is C16H13N3O5. The predicted molar refractivity (Wildman–Crippen MR) is 80.8 cm³/mol. The van der Waals surface area contributed by atoms with Crippen molar-refractivity contribution in [2.75, 3.05) is 7.11 Å². The van der Waals surface area contributed by atoms with E-state index in [1.807, 2.05) is 0 Å². The molecule has 0 saturated heterocycles. The Hall–Kier alpha value is -3.42. The minimum Gasteiger partial charge on any atom is -0.618 e. The number of nitrogens with zero attached hydrogens (tertiary/aromatic N) is 3. The number of aromatic nitrogens is 3. The summed E-state index contributed by atoms with van der Waals surface area (Å²) >= 11 is 0. The van der Waals surface area contributed by atoms with Crippen LogP contribution in [-0.2, 0) is 11.3 Å². The van der Waals surface area contributed by atoms with Gasteiger partial charge in [-0.2, -0.15) is 9.71 Å². The highest BCUT2D eigenvalue weighted by atomic mass is 16.6. The van der Waals surface area contributed by atoms with Crippen molar-refractivity contribution in [2.24, 2.45) is 0 Å². The van der Waals surface area contributed by atoms with Crippen LogP contribution in [0.4, 0.5) is 0 Å². The number of methoxy groups -OCH3 is 1. The molecule has 0 fully saturated rings. The predicted octanol–water partition coefficient (Wildman–Crippen LogP) is 1.74.